The lowest BCUT2D eigenvalue weighted by atomic mass is 10.1. The van der Waals surface area contributed by atoms with Gasteiger partial charge < -0.3 is 10.2 Å². The molecule has 0 saturated carbocycles. The van der Waals surface area contributed by atoms with Crippen LogP contribution in [0.4, 0.5) is 4.79 Å². The van der Waals surface area contributed by atoms with Crippen LogP contribution in [0.15, 0.2) is 0 Å². The molecule has 0 radical (unpaired) electrons. The smallest absolute Gasteiger partial charge is 0.316 e. The van der Waals surface area contributed by atoms with Crippen LogP contribution in [0.1, 0.15) is 39.5 Å². The van der Waals surface area contributed by atoms with E-state index in [-0.39, 0.29) is 31.2 Å². The van der Waals surface area contributed by atoms with Crippen LogP contribution in [0.3, 0.4) is 0 Å². The summed E-state index contributed by atoms with van der Waals surface area (Å²) in [5, 5.41) is 3.14. The Hall–Kier alpha value is -1.96. The highest BCUT2D eigenvalue weighted by Crippen LogP contribution is 2.11. The minimum absolute atomic E-state index is 0.0560. The maximum absolute atomic E-state index is 12.4. The Kier molecular flexibility index (Phi) is 9.41. The fourth-order valence-electron chi connectivity index (χ4n) is 2.77. The lowest BCUT2D eigenvalue weighted by Crippen LogP contribution is -2.56. The average Bonchev–Trinajstić information content (AvgIpc) is 3.10. The summed E-state index contributed by atoms with van der Waals surface area (Å²) < 4.78 is 33.5. The number of hydrazine groups is 1. The van der Waals surface area contributed by atoms with Crippen molar-refractivity contribution >= 4 is 28.2 Å². The molecule has 27 heavy (non-hydrogen) atoms. The van der Waals surface area contributed by atoms with E-state index in [1.807, 2.05) is 0 Å². The molecule has 0 aromatic heterocycles. The van der Waals surface area contributed by atoms with Crippen molar-refractivity contribution in [1.29, 1.82) is 0 Å². The molecule has 1 fully saturated rings. The lowest BCUT2D eigenvalue weighted by molar-refractivity contribution is -0.132. The standard InChI is InChI=1S/C14H27N5O7S/c1-3-5-11(19(4-2)14(22)18-26-27(23,24)25)13(21)17-16-12(20)8-10-6-7-15-9-10/h10-11,15H,3-9H2,1-2H3,(H,16,20)(H,17,21)(H,18,22)(H,23,24,25)/t10?,11-/m0/s1. The second-order valence-corrected chi connectivity index (χ2v) is 7.13. The molecule has 12 nitrogen and oxygen atoms in total. The minimum atomic E-state index is -4.87. The number of hydrogen-bond donors (Lipinski definition) is 5. The predicted octanol–water partition coefficient (Wildman–Crippen LogP) is -0.932. The van der Waals surface area contributed by atoms with Gasteiger partial charge in [0.25, 0.3) is 5.91 Å². The van der Waals surface area contributed by atoms with E-state index in [0.717, 1.165) is 24.4 Å². The lowest BCUT2D eigenvalue weighted by Gasteiger charge is -2.29. The van der Waals surface area contributed by atoms with Gasteiger partial charge in [-0.25, -0.2) is 4.79 Å². The van der Waals surface area contributed by atoms with E-state index in [4.69, 9.17) is 4.55 Å². The summed E-state index contributed by atoms with van der Waals surface area (Å²) in [6.07, 6.45) is 1.97. The van der Waals surface area contributed by atoms with E-state index >= 15 is 0 Å². The first kappa shape index (κ1) is 23.1. The van der Waals surface area contributed by atoms with Gasteiger partial charge in [0.1, 0.15) is 6.04 Å². The fraction of sp³-hybridized carbons (Fsp3) is 0.786. The molecule has 13 heteroatoms. The van der Waals surface area contributed by atoms with Crippen LogP contribution in [0, 0.1) is 5.92 Å². The van der Waals surface area contributed by atoms with Gasteiger partial charge in [-0.1, -0.05) is 13.3 Å². The largest absolute Gasteiger partial charge is 0.418 e. The van der Waals surface area contributed by atoms with Crippen LogP contribution < -0.4 is 21.6 Å². The Bertz CT molecular complexity index is 621. The number of carbonyl (C=O) groups is 3. The highest BCUT2D eigenvalue weighted by Gasteiger charge is 2.29. The summed E-state index contributed by atoms with van der Waals surface area (Å²) in [7, 11) is -4.87. The molecule has 4 amide bonds. The Labute approximate surface area is 158 Å². The number of hydroxylamine groups is 1. The third kappa shape index (κ3) is 8.51. The van der Waals surface area contributed by atoms with Crippen molar-refractivity contribution in [2.45, 2.75) is 45.6 Å². The number of nitrogens with zero attached hydrogens (tertiary/aromatic N) is 1. The van der Waals surface area contributed by atoms with E-state index in [1.54, 1.807) is 19.3 Å². The Morgan fingerprint density at radius 1 is 1.30 bits per heavy atom. The summed E-state index contributed by atoms with van der Waals surface area (Å²) in [5.74, 6) is -0.753. The molecule has 1 saturated heterocycles. The Morgan fingerprint density at radius 3 is 2.52 bits per heavy atom. The van der Waals surface area contributed by atoms with Gasteiger partial charge in [0, 0.05) is 13.0 Å². The third-order valence-corrected chi connectivity index (χ3v) is 4.33. The second kappa shape index (κ2) is 11.0. The topological polar surface area (TPSA) is 166 Å². The molecule has 1 aliphatic rings. The van der Waals surface area contributed by atoms with Crippen LogP contribution in [0.25, 0.3) is 0 Å². The highest BCUT2D eigenvalue weighted by molar-refractivity contribution is 7.80. The van der Waals surface area contributed by atoms with Gasteiger partial charge in [-0.2, -0.15) is 13.9 Å². The van der Waals surface area contributed by atoms with E-state index in [0.29, 0.717) is 6.42 Å². The van der Waals surface area contributed by atoms with Crippen molar-refractivity contribution in [3.8, 4) is 0 Å². The molecule has 1 unspecified atom stereocenters. The molecule has 5 N–H and O–H groups in total. The van der Waals surface area contributed by atoms with Crippen molar-refractivity contribution in [1.82, 2.24) is 26.5 Å². The number of rotatable bonds is 9. The van der Waals surface area contributed by atoms with Crippen LogP contribution >= 0.6 is 0 Å². The zero-order valence-corrected chi connectivity index (χ0v) is 16.2. The molecule has 0 aromatic carbocycles. The monoisotopic (exact) mass is 409 g/mol. The molecule has 0 aromatic rings. The third-order valence-electron chi connectivity index (χ3n) is 4.04. The summed E-state index contributed by atoms with van der Waals surface area (Å²) >= 11 is 0. The molecule has 1 aliphatic heterocycles. The molecular weight excluding hydrogens is 382 g/mol. The highest BCUT2D eigenvalue weighted by atomic mass is 32.3. The number of carbonyl (C=O) groups excluding carboxylic acids is 3. The number of nitrogens with one attached hydrogen (secondary N) is 4. The molecule has 1 heterocycles. The van der Waals surface area contributed by atoms with Crippen molar-refractivity contribution in [3.05, 3.63) is 0 Å². The first-order valence-corrected chi connectivity index (χ1v) is 10.1. The molecule has 0 aliphatic carbocycles. The summed E-state index contributed by atoms with van der Waals surface area (Å²) in [5.41, 5.74) is 6.18. The van der Waals surface area contributed by atoms with Crippen LogP contribution in [-0.4, -0.2) is 61.4 Å². The minimum Gasteiger partial charge on any atom is -0.316 e. The summed E-state index contributed by atoms with van der Waals surface area (Å²) in [4.78, 5) is 37.4. The average molecular weight is 409 g/mol. The molecule has 0 bridgehead atoms. The van der Waals surface area contributed by atoms with Crippen LogP contribution in [-0.2, 0) is 24.3 Å². The molecule has 2 atom stereocenters. The second-order valence-electron chi connectivity index (χ2n) is 6.11. The molecular formula is C14H27N5O7S. The molecule has 156 valence electrons. The van der Waals surface area contributed by atoms with E-state index in [9.17, 15) is 22.8 Å². The Morgan fingerprint density at radius 2 is 2.00 bits per heavy atom. The van der Waals surface area contributed by atoms with Gasteiger partial charge >= 0.3 is 16.4 Å². The molecule has 0 spiro atoms. The van der Waals surface area contributed by atoms with E-state index in [1.165, 1.54) is 0 Å². The summed E-state index contributed by atoms with van der Waals surface area (Å²) in [6, 6.07) is -1.99. The maximum Gasteiger partial charge on any atom is 0.418 e. The van der Waals surface area contributed by atoms with Gasteiger partial charge in [-0.05, 0) is 38.8 Å². The zero-order chi connectivity index (χ0) is 20.4. The van der Waals surface area contributed by atoms with Gasteiger partial charge in [-0.15, -0.1) is 4.28 Å². The number of amides is 4. The SMILES string of the molecule is CCC[C@@H](C(=O)NNC(=O)CC1CCNC1)N(CC)C(=O)NOS(=O)(=O)O. The Balaban J connectivity index is 2.62. The van der Waals surface area contributed by atoms with E-state index in [2.05, 4.69) is 20.5 Å². The van der Waals surface area contributed by atoms with Crippen LogP contribution in [0.5, 0.6) is 0 Å². The molecule has 1 rings (SSSR count). The van der Waals surface area contributed by atoms with Crippen LogP contribution in [0.2, 0.25) is 0 Å². The van der Waals surface area contributed by atoms with Gasteiger partial charge in [0.05, 0.1) is 0 Å². The summed E-state index contributed by atoms with van der Waals surface area (Å²) in [6.45, 7) is 5.04. The maximum atomic E-state index is 12.4. The van der Waals surface area contributed by atoms with Crippen molar-refractivity contribution < 1.29 is 31.6 Å². The number of urea groups is 1. The van der Waals surface area contributed by atoms with Gasteiger partial charge in [-0.3, -0.25) is 25.0 Å². The quantitative estimate of drug-likeness (QED) is 0.240. The van der Waals surface area contributed by atoms with Gasteiger partial charge in [0.2, 0.25) is 5.91 Å². The van der Waals surface area contributed by atoms with E-state index < -0.39 is 28.4 Å². The predicted molar refractivity (Wildman–Crippen MR) is 94.1 cm³/mol. The first-order valence-electron chi connectivity index (χ1n) is 8.69. The zero-order valence-electron chi connectivity index (χ0n) is 15.4. The van der Waals surface area contributed by atoms with Gasteiger partial charge in [0.15, 0.2) is 0 Å². The number of likely N-dealkylation sites (N-methyl/N-ethyl adjacent to an activating group) is 1. The fourth-order valence-corrected chi connectivity index (χ4v) is 2.95. The number of hydrogen-bond acceptors (Lipinski definition) is 7. The normalized spacial score (nSPS) is 17.8. The first-order chi connectivity index (χ1) is 12.7. The van der Waals surface area contributed by atoms with Crippen molar-refractivity contribution in [3.63, 3.8) is 0 Å². The van der Waals surface area contributed by atoms with Crippen molar-refractivity contribution in [2.24, 2.45) is 5.92 Å². The van der Waals surface area contributed by atoms with Crippen molar-refractivity contribution in [2.75, 3.05) is 19.6 Å².